The van der Waals surface area contributed by atoms with Gasteiger partial charge in [-0.25, -0.2) is 0 Å². The molecular weight excluding hydrogens is 230 g/mol. The topological polar surface area (TPSA) is 12.0 Å². The van der Waals surface area contributed by atoms with Crippen molar-refractivity contribution in [2.24, 2.45) is 0 Å². The third kappa shape index (κ3) is 5.90. The summed E-state index contributed by atoms with van der Waals surface area (Å²) in [5, 5.41) is 4.39. The van der Waals surface area contributed by atoms with Crippen LogP contribution in [0.25, 0.3) is 0 Å². The van der Waals surface area contributed by atoms with Gasteiger partial charge in [-0.05, 0) is 49.9 Å². The molecule has 0 spiro atoms. The highest BCUT2D eigenvalue weighted by Crippen LogP contribution is 2.13. The Balaban J connectivity index is 2.51. The molecule has 0 amide bonds. The normalized spacial score (nSPS) is 12.4. The Morgan fingerprint density at radius 3 is 2.65 bits per heavy atom. The van der Waals surface area contributed by atoms with Gasteiger partial charge in [0, 0.05) is 11.1 Å². The predicted octanol–water partition coefficient (Wildman–Crippen LogP) is 4.22. The highest BCUT2D eigenvalue weighted by atomic mass is 35.5. The first-order valence-corrected chi connectivity index (χ1v) is 6.72. The molecule has 94 valence electrons. The van der Waals surface area contributed by atoms with Gasteiger partial charge in [0.15, 0.2) is 0 Å². The summed E-state index contributed by atoms with van der Waals surface area (Å²) in [4.78, 5) is 0. The lowest BCUT2D eigenvalue weighted by molar-refractivity contribution is 0.481. The van der Waals surface area contributed by atoms with E-state index in [1.165, 1.54) is 12.0 Å². The summed E-state index contributed by atoms with van der Waals surface area (Å²) < 4.78 is 0. The van der Waals surface area contributed by atoms with Crippen LogP contribution in [-0.4, -0.2) is 12.6 Å². The zero-order valence-electron chi connectivity index (χ0n) is 10.6. The molecule has 1 N–H and O–H groups in total. The Labute approximate surface area is 110 Å². The van der Waals surface area contributed by atoms with Crippen molar-refractivity contribution in [3.05, 3.63) is 47.5 Å². The highest BCUT2D eigenvalue weighted by Gasteiger charge is 2.07. The van der Waals surface area contributed by atoms with Gasteiger partial charge in [-0.1, -0.05) is 36.7 Å². The summed E-state index contributed by atoms with van der Waals surface area (Å²) in [6.07, 6.45) is 6.43. The van der Waals surface area contributed by atoms with Gasteiger partial charge in [-0.15, -0.1) is 6.58 Å². The Morgan fingerprint density at radius 1 is 1.35 bits per heavy atom. The molecule has 1 unspecified atom stereocenters. The number of hydrogen-bond donors (Lipinski definition) is 1. The van der Waals surface area contributed by atoms with Crippen LogP contribution in [0.15, 0.2) is 36.9 Å². The molecule has 0 fully saturated rings. The minimum absolute atomic E-state index is 0.536. The van der Waals surface area contributed by atoms with Crippen molar-refractivity contribution in [1.29, 1.82) is 0 Å². The van der Waals surface area contributed by atoms with Crippen molar-refractivity contribution in [1.82, 2.24) is 5.32 Å². The molecule has 0 aliphatic rings. The van der Waals surface area contributed by atoms with E-state index < -0.39 is 0 Å². The number of nitrogens with one attached hydrogen (secondary N) is 1. The fraction of sp³-hybridized carbons (Fsp3) is 0.467. The molecule has 1 nitrogen and oxygen atoms in total. The SMILES string of the molecule is C=CCCC(Cc1ccc(Cl)cc1)NCCC. The Hall–Kier alpha value is -0.790. The van der Waals surface area contributed by atoms with E-state index in [0.29, 0.717) is 6.04 Å². The molecule has 0 radical (unpaired) electrons. The Bertz CT molecular complexity index is 318. The fourth-order valence-corrected chi connectivity index (χ4v) is 1.97. The first-order valence-electron chi connectivity index (χ1n) is 6.35. The zero-order valence-corrected chi connectivity index (χ0v) is 11.3. The first-order chi connectivity index (χ1) is 8.26. The van der Waals surface area contributed by atoms with E-state index in [4.69, 9.17) is 11.6 Å². The first kappa shape index (κ1) is 14.3. The van der Waals surface area contributed by atoms with Crippen molar-refractivity contribution in [2.75, 3.05) is 6.54 Å². The largest absolute Gasteiger partial charge is 0.314 e. The van der Waals surface area contributed by atoms with Gasteiger partial charge in [0.2, 0.25) is 0 Å². The number of halogens is 1. The lowest BCUT2D eigenvalue weighted by Gasteiger charge is -2.18. The molecule has 17 heavy (non-hydrogen) atoms. The van der Waals surface area contributed by atoms with Gasteiger partial charge in [-0.2, -0.15) is 0 Å². The molecule has 0 saturated heterocycles. The van der Waals surface area contributed by atoms with Crippen molar-refractivity contribution < 1.29 is 0 Å². The quantitative estimate of drug-likeness (QED) is 0.683. The monoisotopic (exact) mass is 251 g/mol. The molecular formula is C15H22ClN. The van der Waals surface area contributed by atoms with Crippen LogP contribution in [0, 0.1) is 0 Å². The van der Waals surface area contributed by atoms with Gasteiger partial charge in [-0.3, -0.25) is 0 Å². The average Bonchev–Trinajstić information content (AvgIpc) is 2.35. The van der Waals surface area contributed by atoms with Crippen LogP contribution < -0.4 is 5.32 Å². The second-order valence-electron chi connectivity index (χ2n) is 4.35. The maximum Gasteiger partial charge on any atom is 0.0406 e. The molecule has 0 aliphatic heterocycles. The summed E-state index contributed by atoms with van der Waals surface area (Å²) in [5.74, 6) is 0. The molecule has 1 aromatic rings. The van der Waals surface area contributed by atoms with Crippen molar-refractivity contribution in [3.63, 3.8) is 0 Å². The van der Waals surface area contributed by atoms with Crippen molar-refractivity contribution >= 4 is 11.6 Å². The highest BCUT2D eigenvalue weighted by molar-refractivity contribution is 6.30. The minimum atomic E-state index is 0.536. The molecule has 0 aliphatic carbocycles. The van der Waals surface area contributed by atoms with Crippen LogP contribution in [-0.2, 0) is 6.42 Å². The third-order valence-electron chi connectivity index (χ3n) is 2.80. The lowest BCUT2D eigenvalue weighted by Crippen LogP contribution is -2.31. The van der Waals surface area contributed by atoms with E-state index in [0.717, 1.165) is 30.8 Å². The van der Waals surface area contributed by atoms with Gasteiger partial charge >= 0.3 is 0 Å². The number of benzene rings is 1. The van der Waals surface area contributed by atoms with Gasteiger partial charge < -0.3 is 5.32 Å². The van der Waals surface area contributed by atoms with Crippen LogP contribution in [0.1, 0.15) is 31.7 Å². The molecule has 1 rings (SSSR count). The van der Waals surface area contributed by atoms with E-state index >= 15 is 0 Å². The molecule has 1 atom stereocenters. The average molecular weight is 252 g/mol. The van der Waals surface area contributed by atoms with E-state index in [1.54, 1.807) is 0 Å². The van der Waals surface area contributed by atoms with Crippen LogP contribution in [0.3, 0.4) is 0 Å². The Morgan fingerprint density at radius 2 is 2.06 bits per heavy atom. The Kier molecular flexibility index (Phi) is 6.99. The van der Waals surface area contributed by atoms with Gasteiger partial charge in [0.1, 0.15) is 0 Å². The van der Waals surface area contributed by atoms with Crippen LogP contribution in [0.2, 0.25) is 5.02 Å². The van der Waals surface area contributed by atoms with Gasteiger partial charge in [0.05, 0.1) is 0 Å². The standard InChI is InChI=1S/C15H22ClN/c1-3-5-6-15(17-11-4-2)12-13-7-9-14(16)10-8-13/h3,7-10,15,17H,1,4-6,11-12H2,2H3. The number of hydrogen-bond acceptors (Lipinski definition) is 1. The maximum absolute atomic E-state index is 5.89. The summed E-state index contributed by atoms with van der Waals surface area (Å²) in [5.41, 5.74) is 1.34. The fourth-order valence-electron chi connectivity index (χ4n) is 1.85. The lowest BCUT2D eigenvalue weighted by atomic mass is 10.0. The predicted molar refractivity (Wildman–Crippen MR) is 76.7 cm³/mol. The van der Waals surface area contributed by atoms with Crippen LogP contribution in [0.4, 0.5) is 0 Å². The summed E-state index contributed by atoms with van der Waals surface area (Å²) in [7, 11) is 0. The van der Waals surface area contributed by atoms with E-state index in [1.807, 2.05) is 18.2 Å². The van der Waals surface area contributed by atoms with Crippen molar-refractivity contribution in [2.45, 2.75) is 38.6 Å². The van der Waals surface area contributed by atoms with E-state index in [2.05, 4.69) is 31.0 Å². The molecule has 2 heteroatoms. The second kappa shape index (κ2) is 8.32. The maximum atomic E-state index is 5.89. The molecule has 0 bridgehead atoms. The number of rotatable bonds is 8. The van der Waals surface area contributed by atoms with Crippen LogP contribution >= 0.6 is 11.6 Å². The smallest absolute Gasteiger partial charge is 0.0406 e. The zero-order chi connectivity index (χ0) is 12.5. The van der Waals surface area contributed by atoms with E-state index in [-0.39, 0.29) is 0 Å². The van der Waals surface area contributed by atoms with Crippen LogP contribution in [0.5, 0.6) is 0 Å². The third-order valence-corrected chi connectivity index (χ3v) is 3.05. The molecule has 0 saturated carbocycles. The molecule has 0 heterocycles. The summed E-state index contributed by atoms with van der Waals surface area (Å²) in [6.45, 7) is 7.06. The van der Waals surface area contributed by atoms with Gasteiger partial charge in [0.25, 0.3) is 0 Å². The second-order valence-corrected chi connectivity index (χ2v) is 4.78. The summed E-state index contributed by atoms with van der Waals surface area (Å²) >= 11 is 5.89. The minimum Gasteiger partial charge on any atom is -0.314 e. The summed E-state index contributed by atoms with van der Waals surface area (Å²) in [6, 6.07) is 8.67. The van der Waals surface area contributed by atoms with E-state index in [9.17, 15) is 0 Å². The number of allylic oxidation sites excluding steroid dienone is 1. The molecule has 0 aromatic heterocycles. The van der Waals surface area contributed by atoms with Crippen molar-refractivity contribution in [3.8, 4) is 0 Å². The molecule has 1 aromatic carbocycles.